The predicted molar refractivity (Wildman–Crippen MR) is 127 cm³/mol. The van der Waals surface area contributed by atoms with Crippen LogP contribution in [-0.2, 0) is 14.9 Å². The number of amides is 1. The molecule has 0 radical (unpaired) electrons. The number of morpholine rings is 1. The van der Waals surface area contributed by atoms with E-state index >= 15 is 0 Å². The zero-order valence-corrected chi connectivity index (χ0v) is 20.2. The molecule has 0 aromatic heterocycles. The molecule has 1 aliphatic heterocycles. The van der Waals surface area contributed by atoms with Crippen molar-refractivity contribution in [2.24, 2.45) is 4.99 Å². The summed E-state index contributed by atoms with van der Waals surface area (Å²) in [5.74, 6) is 0.365. The molecule has 0 bridgehead atoms. The number of nitrogens with zero attached hydrogens (tertiary/aromatic N) is 3. The first-order valence-electron chi connectivity index (χ1n) is 10.3. The summed E-state index contributed by atoms with van der Waals surface area (Å²) in [6.07, 6.45) is 2.03. The first-order valence-corrected chi connectivity index (χ1v) is 10.3. The highest BCUT2D eigenvalue weighted by Crippen LogP contribution is 2.47. The van der Waals surface area contributed by atoms with Crippen LogP contribution in [0.1, 0.15) is 18.4 Å². The van der Waals surface area contributed by atoms with Crippen LogP contribution in [0, 0.1) is 5.82 Å². The maximum Gasteiger partial charge on any atom is 0.243 e. The number of halogens is 2. The van der Waals surface area contributed by atoms with Crippen LogP contribution in [0.2, 0.25) is 0 Å². The lowest BCUT2D eigenvalue weighted by Gasteiger charge is -2.27. The monoisotopic (exact) mass is 533 g/mol. The molecule has 1 saturated carbocycles. The van der Waals surface area contributed by atoms with E-state index in [2.05, 4.69) is 20.5 Å². The molecule has 2 aliphatic rings. The van der Waals surface area contributed by atoms with Crippen molar-refractivity contribution < 1.29 is 13.9 Å². The van der Waals surface area contributed by atoms with Crippen molar-refractivity contribution in [2.75, 3.05) is 66.6 Å². The topological polar surface area (TPSA) is 69.2 Å². The second-order valence-corrected chi connectivity index (χ2v) is 7.98. The fourth-order valence-corrected chi connectivity index (χ4v) is 3.41. The number of hydrogen-bond acceptors (Lipinski definition) is 4. The molecule has 7 nitrogen and oxygen atoms in total. The Labute approximate surface area is 195 Å². The van der Waals surface area contributed by atoms with Gasteiger partial charge in [-0.25, -0.2) is 9.38 Å². The molecule has 1 aliphatic carbocycles. The SMILES string of the molecule is CN(C)C(=O)CN=C(NCCN1CCOCC1)NCC1(c2cccc(F)c2)CC1.I. The number of hydrogen-bond donors (Lipinski definition) is 2. The molecule has 168 valence electrons. The van der Waals surface area contributed by atoms with Crippen LogP contribution in [0.25, 0.3) is 0 Å². The fraction of sp³-hybridized carbons (Fsp3) is 0.619. The van der Waals surface area contributed by atoms with Gasteiger partial charge in [-0.1, -0.05) is 12.1 Å². The smallest absolute Gasteiger partial charge is 0.243 e. The average molecular weight is 533 g/mol. The molecule has 30 heavy (non-hydrogen) atoms. The first kappa shape index (κ1) is 24.8. The molecule has 0 atom stereocenters. The van der Waals surface area contributed by atoms with Crippen LogP contribution in [0.3, 0.4) is 0 Å². The summed E-state index contributed by atoms with van der Waals surface area (Å²) in [6.45, 7) is 5.78. The molecule has 2 fully saturated rings. The van der Waals surface area contributed by atoms with E-state index in [1.165, 1.54) is 11.0 Å². The van der Waals surface area contributed by atoms with E-state index in [1.54, 1.807) is 26.2 Å². The van der Waals surface area contributed by atoms with Gasteiger partial charge in [0.05, 0.1) is 13.2 Å². The minimum Gasteiger partial charge on any atom is -0.379 e. The average Bonchev–Trinajstić information content (AvgIpc) is 3.51. The summed E-state index contributed by atoms with van der Waals surface area (Å²) in [6, 6.07) is 6.83. The molecule has 1 aromatic carbocycles. The van der Waals surface area contributed by atoms with E-state index in [1.807, 2.05) is 6.07 Å². The normalized spacial score (nSPS) is 18.3. The van der Waals surface area contributed by atoms with Crippen molar-refractivity contribution in [1.29, 1.82) is 0 Å². The van der Waals surface area contributed by atoms with E-state index in [0.717, 1.165) is 57.8 Å². The third kappa shape index (κ3) is 7.35. The summed E-state index contributed by atoms with van der Waals surface area (Å²) in [5, 5.41) is 6.71. The largest absolute Gasteiger partial charge is 0.379 e. The summed E-state index contributed by atoms with van der Waals surface area (Å²) >= 11 is 0. The summed E-state index contributed by atoms with van der Waals surface area (Å²) < 4.78 is 19.0. The fourth-order valence-electron chi connectivity index (χ4n) is 3.41. The number of carbonyl (C=O) groups is 1. The number of guanidine groups is 1. The molecule has 3 rings (SSSR count). The van der Waals surface area contributed by atoms with Crippen LogP contribution >= 0.6 is 24.0 Å². The van der Waals surface area contributed by atoms with Crippen LogP contribution in [0.4, 0.5) is 4.39 Å². The van der Waals surface area contributed by atoms with Gasteiger partial charge in [0.1, 0.15) is 12.4 Å². The molecule has 0 unspecified atom stereocenters. The van der Waals surface area contributed by atoms with Gasteiger partial charge in [-0.15, -0.1) is 24.0 Å². The first-order chi connectivity index (χ1) is 14.0. The molecule has 0 spiro atoms. The molecule has 1 amide bonds. The van der Waals surface area contributed by atoms with Gasteiger partial charge in [0.25, 0.3) is 0 Å². The van der Waals surface area contributed by atoms with Crippen LogP contribution in [0.15, 0.2) is 29.3 Å². The Morgan fingerprint density at radius 3 is 2.63 bits per heavy atom. The second kappa shape index (κ2) is 11.8. The third-order valence-corrected chi connectivity index (χ3v) is 5.58. The van der Waals surface area contributed by atoms with Crippen molar-refractivity contribution in [3.05, 3.63) is 35.6 Å². The van der Waals surface area contributed by atoms with Crippen molar-refractivity contribution in [3.63, 3.8) is 0 Å². The number of ether oxygens (including phenoxy) is 1. The lowest BCUT2D eigenvalue weighted by molar-refractivity contribution is -0.127. The molecule has 1 saturated heterocycles. The van der Waals surface area contributed by atoms with Crippen molar-refractivity contribution in [3.8, 4) is 0 Å². The molecular formula is C21H33FIN5O2. The lowest BCUT2D eigenvalue weighted by atomic mass is 9.96. The minimum atomic E-state index is -0.206. The Bertz CT molecular complexity index is 721. The van der Waals surface area contributed by atoms with E-state index in [-0.39, 0.29) is 47.7 Å². The Kier molecular flexibility index (Phi) is 9.76. The zero-order chi connectivity index (χ0) is 20.7. The molecule has 9 heteroatoms. The number of nitrogens with one attached hydrogen (secondary N) is 2. The van der Waals surface area contributed by atoms with Gasteiger partial charge in [-0.2, -0.15) is 0 Å². The van der Waals surface area contributed by atoms with Crippen molar-refractivity contribution in [1.82, 2.24) is 20.4 Å². The maximum atomic E-state index is 13.6. The van der Waals surface area contributed by atoms with E-state index < -0.39 is 0 Å². The number of likely N-dealkylation sites (N-methyl/N-ethyl adjacent to an activating group) is 1. The van der Waals surface area contributed by atoms with Crippen LogP contribution < -0.4 is 10.6 Å². The van der Waals surface area contributed by atoms with Gasteiger partial charge in [-0.05, 0) is 30.5 Å². The molecule has 1 aromatic rings. The Morgan fingerprint density at radius 2 is 2.00 bits per heavy atom. The summed E-state index contributed by atoms with van der Waals surface area (Å²) in [4.78, 5) is 20.3. The number of aliphatic imine (C=N–C) groups is 1. The number of benzene rings is 1. The highest BCUT2D eigenvalue weighted by Gasteiger charge is 2.44. The van der Waals surface area contributed by atoms with Crippen molar-refractivity contribution >= 4 is 35.8 Å². The second-order valence-electron chi connectivity index (χ2n) is 7.98. The quantitative estimate of drug-likeness (QED) is 0.301. The third-order valence-electron chi connectivity index (χ3n) is 5.58. The van der Waals surface area contributed by atoms with Gasteiger partial charge in [0.15, 0.2) is 5.96 Å². The van der Waals surface area contributed by atoms with Crippen LogP contribution in [0.5, 0.6) is 0 Å². The number of carbonyl (C=O) groups excluding carboxylic acids is 1. The van der Waals surface area contributed by atoms with E-state index in [0.29, 0.717) is 12.5 Å². The van der Waals surface area contributed by atoms with Crippen LogP contribution in [-0.4, -0.2) is 88.2 Å². The summed E-state index contributed by atoms with van der Waals surface area (Å²) in [7, 11) is 3.44. The molecule has 1 heterocycles. The lowest BCUT2D eigenvalue weighted by Crippen LogP contribution is -2.46. The van der Waals surface area contributed by atoms with Crippen molar-refractivity contribution in [2.45, 2.75) is 18.3 Å². The maximum absolute atomic E-state index is 13.6. The standard InChI is InChI=1S/C21H32FN5O2.HI/c1-26(2)19(28)15-24-20(23-8-9-27-10-12-29-13-11-27)25-16-21(6-7-21)17-4-3-5-18(22)14-17;/h3-5,14H,6-13,15-16H2,1-2H3,(H2,23,24,25);1H. The van der Waals surface area contributed by atoms with E-state index in [4.69, 9.17) is 4.74 Å². The van der Waals surface area contributed by atoms with Gasteiger partial charge in [0.2, 0.25) is 5.91 Å². The molecular weight excluding hydrogens is 500 g/mol. The van der Waals surface area contributed by atoms with Gasteiger partial charge in [0, 0.05) is 52.2 Å². The Balaban J connectivity index is 0.00000320. The highest BCUT2D eigenvalue weighted by molar-refractivity contribution is 14.0. The zero-order valence-electron chi connectivity index (χ0n) is 17.8. The molecule has 2 N–H and O–H groups in total. The Hall–Kier alpha value is -1.46. The number of rotatable bonds is 8. The predicted octanol–water partition coefficient (Wildman–Crippen LogP) is 1.43. The van der Waals surface area contributed by atoms with Gasteiger partial charge >= 0.3 is 0 Å². The summed E-state index contributed by atoms with van der Waals surface area (Å²) in [5.41, 5.74) is 0.961. The van der Waals surface area contributed by atoms with Gasteiger partial charge in [-0.3, -0.25) is 9.69 Å². The van der Waals surface area contributed by atoms with Gasteiger partial charge < -0.3 is 20.3 Å². The Morgan fingerprint density at radius 1 is 1.27 bits per heavy atom. The minimum absolute atomic E-state index is 0. The van der Waals surface area contributed by atoms with E-state index in [9.17, 15) is 9.18 Å². The highest BCUT2D eigenvalue weighted by atomic mass is 127.